The highest BCUT2D eigenvalue weighted by Crippen LogP contribution is 2.17. The summed E-state index contributed by atoms with van der Waals surface area (Å²) in [7, 11) is 1.61. The third-order valence-corrected chi connectivity index (χ3v) is 3.84. The topological polar surface area (TPSA) is 70.7 Å². The zero-order chi connectivity index (χ0) is 16.1. The molecule has 1 aromatic rings. The Bertz CT molecular complexity index is 554. The predicted molar refractivity (Wildman–Crippen MR) is 84.8 cm³/mol. The standard InChI is InChI=1S/C16H23N3O3/c1-11-5-4-6-13(12(11)2)18-15(20)10-19(3)16(21)14-9-17-7-8-22-14/h4-6,14,17H,7-10H2,1-3H3,(H,18,20). The van der Waals surface area contributed by atoms with Gasteiger partial charge in [0.15, 0.2) is 0 Å². The highest BCUT2D eigenvalue weighted by molar-refractivity contribution is 5.95. The molecule has 0 radical (unpaired) electrons. The van der Waals surface area contributed by atoms with Crippen LogP contribution in [0.25, 0.3) is 0 Å². The van der Waals surface area contributed by atoms with E-state index in [2.05, 4.69) is 10.6 Å². The monoisotopic (exact) mass is 305 g/mol. The van der Waals surface area contributed by atoms with E-state index < -0.39 is 6.10 Å². The lowest BCUT2D eigenvalue weighted by Gasteiger charge is -2.27. The van der Waals surface area contributed by atoms with Gasteiger partial charge in [0.1, 0.15) is 6.10 Å². The van der Waals surface area contributed by atoms with Crippen molar-refractivity contribution in [1.29, 1.82) is 0 Å². The van der Waals surface area contributed by atoms with Gasteiger partial charge < -0.3 is 20.3 Å². The van der Waals surface area contributed by atoms with Crippen molar-refractivity contribution >= 4 is 17.5 Å². The minimum Gasteiger partial charge on any atom is -0.366 e. The van der Waals surface area contributed by atoms with E-state index >= 15 is 0 Å². The number of carbonyl (C=O) groups is 2. The molecule has 120 valence electrons. The molecule has 1 aliphatic rings. The van der Waals surface area contributed by atoms with Gasteiger partial charge in [-0.1, -0.05) is 12.1 Å². The molecule has 0 aromatic heterocycles. The van der Waals surface area contributed by atoms with E-state index in [4.69, 9.17) is 4.74 Å². The number of ether oxygens (including phenoxy) is 1. The molecule has 1 aromatic carbocycles. The molecule has 6 heteroatoms. The van der Waals surface area contributed by atoms with Crippen molar-refractivity contribution in [3.63, 3.8) is 0 Å². The molecule has 1 aliphatic heterocycles. The van der Waals surface area contributed by atoms with Gasteiger partial charge in [0.05, 0.1) is 13.2 Å². The number of nitrogens with one attached hydrogen (secondary N) is 2. The largest absolute Gasteiger partial charge is 0.366 e. The van der Waals surface area contributed by atoms with Gasteiger partial charge in [0.25, 0.3) is 5.91 Å². The van der Waals surface area contributed by atoms with Crippen molar-refractivity contribution in [3.8, 4) is 0 Å². The summed E-state index contributed by atoms with van der Waals surface area (Å²) in [6, 6.07) is 5.75. The van der Waals surface area contributed by atoms with Crippen LogP contribution in [0.15, 0.2) is 18.2 Å². The van der Waals surface area contributed by atoms with E-state index in [1.165, 1.54) is 4.90 Å². The number of amides is 2. The van der Waals surface area contributed by atoms with Crippen LogP contribution in [-0.4, -0.2) is 56.1 Å². The summed E-state index contributed by atoms with van der Waals surface area (Å²) in [6.07, 6.45) is -0.507. The first-order chi connectivity index (χ1) is 10.5. The fourth-order valence-corrected chi connectivity index (χ4v) is 2.34. The number of likely N-dealkylation sites (N-methyl/N-ethyl adjacent to an activating group) is 1. The van der Waals surface area contributed by atoms with E-state index in [1.807, 2.05) is 32.0 Å². The first kappa shape index (κ1) is 16.5. The number of hydrogen-bond donors (Lipinski definition) is 2. The smallest absolute Gasteiger partial charge is 0.253 e. The lowest BCUT2D eigenvalue weighted by molar-refractivity contribution is -0.145. The van der Waals surface area contributed by atoms with Crippen molar-refractivity contribution in [1.82, 2.24) is 10.2 Å². The molecule has 1 fully saturated rings. The van der Waals surface area contributed by atoms with Crippen molar-refractivity contribution in [2.75, 3.05) is 38.6 Å². The fourth-order valence-electron chi connectivity index (χ4n) is 2.34. The normalized spacial score (nSPS) is 17.9. The highest BCUT2D eigenvalue weighted by atomic mass is 16.5. The van der Waals surface area contributed by atoms with Gasteiger partial charge in [-0.25, -0.2) is 0 Å². The molecule has 1 saturated heterocycles. The Kier molecular flexibility index (Phi) is 5.51. The Morgan fingerprint density at radius 1 is 1.41 bits per heavy atom. The average molecular weight is 305 g/mol. The second-order valence-corrected chi connectivity index (χ2v) is 5.55. The van der Waals surface area contributed by atoms with Crippen LogP contribution in [0.3, 0.4) is 0 Å². The van der Waals surface area contributed by atoms with Crippen LogP contribution in [0.2, 0.25) is 0 Å². The molecule has 2 amide bonds. The Morgan fingerprint density at radius 2 is 2.18 bits per heavy atom. The second kappa shape index (κ2) is 7.38. The number of rotatable bonds is 4. The maximum atomic E-state index is 12.2. The Labute approximate surface area is 130 Å². The summed E-state index contributed by atoms with van der Waals surface area (Å²) in [5.41, 5.74) is 2.93. The number of aryl methyl sites for hydroxylation is 1. The number of hydrogen-bond acceptors (Lipinski definition) is 4. The van der Waals surface area contributed by atoms with E-state index in [9.17, 15) is 9.59 Å². The maximum Gasteiger partial charge on any atom is 0.253 e. The van der Waals surface area contributed by atoms with Crippen molar-refractivity contribution in [3.05, 3.63) is 29.3 Å². The van der Waals surface area contributed by atoms with E-state index in [0.29, 0.717) is 13.2 Å². The molecule has 1 heterocycles. The van der Waals surface area contributed by atoms with Gasteiger partial charge in [-0.15, -0.1) is 0 Å². The summed E-state index contributed by atoms with van der Waals surface area (Å²) >= 11 is 0. The van der Waals surface area contributed by atoms with Crippen LogP contribution >= 0.6 is 0 Å². The first-order valence-electron chi connectivity index (χ1n) is 7.42. The van der Waals surface area contributed by atoms with Gasteiger partial charge in [0.2, 0.25) is 5.91 Å². The van der Waals surface area contributed by atoms with E-state index in [0.717, 1.165) is 23.4 Å². The van der Waals surface area contributed by atoms with Crippen LogP contribution < -0.4 is 10.6 Å². The molecule has 1 atom stereocenters. The molecule has 2 rings (SSSR count). The van der Waals surface area contributed by atoms with Crippen LogP contribution in [0.1, 0.15) is 11.1 Å². The minimum absolute atomic E-state index is 0.00603. The molecule has 1 unspecified atom stereocenters. The number of benzene rings is 1. The van der Waals surface area contributed by atoms with Crippen LogP contribution in [-0.2, 0) is 14.3 Å². The number of carbonyl (C=O) groups excluding carboxylic acids is 2. The number of nitrogens with zero attached hydrogens (tertiary/aromatic N) is 1. The third kappa shape index (κ3) is 4.05. The van der Waals surface area contributed by atoms with Crippen LogP contribution in [0, 0.1) is 13.8 Å². The van der Waals surface area contributed by atoms with Gasteiger partial charge in [-0.3, -0.25) is 9.59 Å². The van der Waals surface area contributed by atoms with E-state index in [-0.39, 0.29) is 18.4 Å². The minimum atomic E-state index is -0.507. The summed E-state index contributed by atoms with van der Waals surface area (Å²) in [4.78, 5) is 25.7. The molecular weight excluding hydrogens is 282 g/mol. The fraction of sp³-hybridized carbons (Fsp3) is 0.500. The van der Waals surface area contributed by atoms with Crippen molar-refractivity contribution < 1.29 is 14.3 Å². The molecule has 2 N–H and O–H groups in total. The molecule has 0 bridgehead atoms. The van der Waals surface area contributed by atoms with Gasteiger partial charge in [0, 0.05) is 25.8 Å². The summed E-state index contributed by atoms with van der Waals surface area (Å²) < 4.78 is 5.41. The second-order valence-electron chi connectivity index (χ2n) is 5.55. The Balaban J connectivity index is 1.90. The molecule has 0 saturated carbocycles. The Hall–Kier alpha value is -1.92. The maximum absolute atomic E-state index is 12.2. The Morgan fingerprint density at radius 3 is 2.86 bits per heavy atom. The zero-order valence-electron chi connectivity index (χ0n) is 13.3. The highest BCUT2D eigenvalue weighted by Gasteiger charge is 2.25. The van der Waals surface area contributed by atoms with Gasteiger partial charge in [-0.2, -0.15) is 0 Å². The molecule has 22 heavy (non-hydrogen) atoms. The number of anilines is 1. The lowest BCUT2D eigenvalue weighted by Crippen LogP contribution is -2.49. The van der Waals surface area contributed by atoms with Crippen LogP contribution in [0.4, 0.5) is 5.69 Å². The summed E-state index contributed by atoms with van der Waals surface area (Å²) in [5, 5.41) is 5.95. The summed E-state index contributed by atoms with van der Waals surface area (Å²) in [6.45, 7) is 5.71. The van der Waals surface area contributed by atoms with Crippen LogP contribution in [0.5, 0.6) is 0 Å². The molecule has 0 spiro atoms. The molecular formula is C16H23N3O3. The van der Waals surface area contributed by atoms with Gasteiger partial charge >= 0.3 is 0 Å². The SMILES string of the molecule is Cc1cccc(NC(=O)CN(C)C(=O)C2CNCCO2)c1C. The zero-order valence-corrected chi connectivity index (χ0v) is 13.3. The third-order valence-electron chi connectivity index (χ3n) is 3.84. The van der Waals surface area contributed by atoms with E-state index in [1.54, 1.807) is 7.05 Å². The predicted octanol–water partition coefficient (Wildman–Crippen LogP) is 0.689. The quantitative estimate of drug-likeness (QED) is 0.858. The van der Waals surface area contributed by atoms with Crippen molar-refractivity contribution in [2.24, 2.45) is 0 Å². The summed E-state index contributed by atoms with van der Waals surface area (Å²) in [5.74, 6) is -0.392. The number of morpholine rings is 1. The average Bonchev–Trinajstić information content (AvgIpc) is 2.52. The van der Waals surface area contributed by atoms with Crippen molar-refractivity contribution in [2.45, 2.75) is 20.0 Å². The first-order valence-corrected chi connectivity index (χ1v) is 7.42. The molecule has 6 nitrogen and oxygen atoms in total. The van der Waals surface area contributed by atoms with Gasteiger partial charge in [-0.05, 0) is 31.0 Å². The molecule has 0 aliphatic carbocycles. The lowest BCUT2D eigenvalue weighted by atomic mass is 10.1.